The monoisotopic (exact) mass is 441 g/mol. The third kappa shape index (κ3) is 5.18. The van der Waals surface area contributed by atoms with Gasteiger partial charge in [0.1, 0.15) is 5.82 Å². The first-order valence-electron chi connectivity index (χ1n) is 9.86. The first kappa shape index (κ1) is 22.7. The lowest BCUT2D eigenvalue weighted by Gasteiger charge is -2.31. The van der Waals surface area contributed by atoms with E-state index in [1.54, 1.807) is 66.7 Å². The minimum atomic E-state index is -3.85. The SMILES string of the molecule is CC[C@@H](c1ccc(F)cc1)N(Cc1ccc(C(=O)OC)cc1)S(=O)(=O)c1ccccc1. The summed E-state index contributed by atoms with van der Waals surface area (Å²) in [5.41, 5.74) is 1.80. The predicted octanol–water partition coefficient (Wildman–Crippen LogP) is 4.95. The van der Waals surface area contributed by atoms with Gasteiger partial charge in [0.2, 0.25) is 10.0 Å². The molecule has 0 heterocycles. The zero-order chi connectivity index (χ0) is 22.4. The second kappa shape index (κ2) is 9.85. The molecule has 3 aromatic rings. The fourth-order valence-corrected chi connectivity index (χ4v) is 5.12. The molecule has 3 aromatic carbocycles. The molecule has 3 rings (SSSR count). The van der Waals surface area contributed by atoms with E-state index in [-0.39, 0.29) is 17.3 Å². The highest BCUT2D eigenvalue weighted by Gasteiger charge is 2.31. The number of benzene rings is 3. The van der Waals surface area contributed by atoms with Gasteiger partial charge in [-0.15, -0.1) is 0 Å². The predicted molar refractivity (Wildman–Crippen MR) is 116 cm³/mol. The van der Waals surface area contributed by atoms with Crippen molar-refractivity contribution >= 4 is 16.0 Å². The number of carbonyl (C=O) groups excluding carboxylic acids is 1. The molecule has 0 aliphatic carbocycles. The van der Waals surface area contributed by atoms with Crippen molar-refractivity contribution in [2.24, 2.45) is 0 Å². The zero-order valence-electron chi connectivity index (χ0n) is 17.4. The van der Waals surface area contributed by atoms with Gasteiger partial charge in [0.15, 0.2) is 0 Å². The number of nitrogens with zero attached hydrogens (tertiary/aromatic N) is 1. The molecule has 7 heteroatoms. The second-order valence-electron chi connectivity index (χ2n) is 7.03. The molecule has 0 saturated heterocycles. The summed E-state index contributed by atoms with van der Waals surface area (Å²) < 4.78 is 46.8. The number of methoxy groups -OCH3 is 1. The van der Waals surface area contributed by atoms with Gasteiger partial charge >= 0.3 is 5.97 Å². The Bertz CT molecular complexity index is 1110. The van der Waals surface area contributed by atoms with Gasteiger partial charge in [0.05, 0.1) is 23.6 Å². The van der Waals surface area contributed by atoms with Gasteiger partial charge in [0.25, 0.3) is 0 Å². The molecule has 0 fully saturated rings. The van der Waals surface area contributed by atoms with Crippen molar-refractivity contribution in [3.63, 3.8) is 0 Å². The maximum absolute atomic E-state index is 13.6. The highest BCUT2D eigenvalue weighted by Crippen LogP contribution is 2.32. The molecule has 1 atom stereocenters. The molecule has 31 heavy (non-hydrogen) atoms. The van der Waals surface area contributed by atoms with Gasteiger partial charge in [-0.25, -0.2) is 17.6 Å². The van der Waals surface area contributed by atoms with Crippen LogP contribution >= 0.6 is 0 Å². The van der Waals surface area contributed by atoms with E-state index in [2.05, 4.69) is 0 Å². The van der Waals surface area contributed by atoms with Gasteiger partial charge in [-0.05, 0) is 53.9 Å². The fraction of sp³-hybridized carbons (Fsp3) is 0.208. The standard InChI is InChI=1S/C24H24FNO4S/c1-3-23(19-13-15-21(25)16-14-19)26(31(28,29)22-7-5-4-6-8-22)17-18-9-11-20(12-10-18)24(27)30-2/h4-16,23H,3,17H2,1-2H3/t23-/m0/s1. The molecule has 5 nitrogen and oxygen atoms in total. The third-order valence-electron chi connectivity index (χ3n) is 5.05. The molecule has 0 bridgehead atoms. The average Bonchev–Trinajstić information content (AvgIpc) is 2.80. The molecule has 0 saturated carbocycles. The molecule has 0 radical (unpaired) electrons. The van der Waals surface area contributed by atoms with Crippen LogP contribution in [-0.4, -0.2) is 25.8 Å². The smallest absolute Gasteiger partial charge is 0.337 e. The van der Waals surface area contributed by atoms with E-state index >= 15 is 0 Å². The third-order valence-corrected chi connectivity index (χ3v) is 6.92. The van der Waals surface area contributed by atoms with Crippen LogP contribution in [-0.2, 0) is 21.3 Å². The average molecular weight is 442 g/mol. The van der Waals surface area contributed by atoms with Gasteiger partial charge in [-0.1, -0.05) is 49.4 Å². The van der Waals surface area contributed by atoms with E-state index in [9.17, 15) is 17.6 Å². The highest BCUT2D eigenvalue weighted by molar-refractivity contribution is 7.89. The van der Waals surface area contributed by atoms with E-state index in [4.69, 9.17) is 4.74 Å². The van der Waals surface area contributed by atoms with Crippen molar-refractivity contribution in [1.82, 2.24) is 4.31 Å². The van der Waals surface area contributed by atoms with Gasteiger partial charge in [-0.2, -0.15) is 4.31 Å². The Balaban J connectivity index is 2.03. The van der Waals surface area contributed by atoms with Crippen LogP contribution in [0.4, 0.5) is 4.39 Å². The number of rotatable bonds is 8. The number of carbonyl (C=O) groups is 1. The number of hydrogen-bond acceptors (Lipinski definition) is 4. The summed E-state index contributed by atoms with van der Waals surface area (Å²) in [5, 5.41) is 0. The summed E-state index contributed by atoms with van der Waals surface area (Å²) in [6, 6.07) is 20.2. The summed E-state index contributed by atoms with van der Waals surface area (Å²) in [4.78, 5) is 11.9. The Morgan fingerprint density at radius 2 is 1.58 bits per heavy atom. The molecule has 0 aromatic heterocycles. The van der Waals surface area contributed by atoms with Crippen LogP contribution in [0.5, 0.6) is 0 Å². The number of sulfonamides is 1. The molecule has 0 aliphatic rings. The lowest BCUT2D eigenvalue weighted by atomic mass is 10.0. The van der Waals surface area contributed by atoms with Crippen molar-refractivity contribution in [3.8, 4) is 0 Å². The normalized spacial score (nSPS) is 12.5. The molecular formula is C24H24FNO4S. The topological polar surface area (TPSA) is 63.7 Å². The fourth-order valence-electron chi connectivity index (χ4n) is 3.43. The van der Waals surface area contributed by atoms with Crippen LogP contribution in [0.1, 0.15) is 40.9 Å². The first-order chi connectivity index (χ1) is 14.9. The van der Waals surface area contributed by atoms with E-state index in [0.29, 0.717) is 23.1 Å². The molecule has 0 N–H and O–H groups in total. The number of ether oxygens (including phenoxy) is 1. The summed E-state index contributed by atoms with van der Waals surface area (Å²) in [7, 11) is -2.55. The van der Waals surface area contributed by atoms with Crippen LogP contribution in [0.25, 0.3) is 0 Å². The lowest BCUT2D eigenvalue weighted by Crippen LogP contribution is -2.34. The van der Waals surface area contributed by atoms with Crippen LogP contribution in [0.15, 0.2) is 83.8 Å². The molecule has 0 aliphatic heterocycles. The Kier molecular flexibility index (Phi) is 7.20. The summed E-state index contributed by atoms with van der Waals surface area (Å²) in [5.74, 6) is -0.840. The van der Waals surface area contributed by atoms with Gasteiger partial charge in [-0.3, -0.25) is 0 Å². The second-order valence-corrected chi connectivity index (χ2v) is 8.92. The Hall–Kier alpha value is -3.03. The summed E-state index contributed by atoms with van der Waals surface area (Å²) in [6.07, 6.45) is 0.498. The Morgan fingerprint density at radius 1 is 0.968 bits per heavy atom. The first-order valence-corrected chi connectivity index (χ1v) is 11.3. The number of hydrogen-bond donors (Lipinski definition) is 0. The Labute approximate surface area is 182 Å². The van der Waals surface area contributed by atoms with Crippen LogP contribution in [0.3, 0.4) is 0 Å². The highest BCUT2D eigenvalue weighted by atomic mass is 32.2. The van der Waals surface area contributed by atoms with Crippen molar-refractivity contribution in [2.75, 3.05) is 7.11 Å². The summed E-state index contributed by atoms with van der Waals surface area (Å²) >= 11 is 0. The molecule has 0 unspecified atom stereocenters. The maximum atomic E-state index is 13.6. The van der Waals surface area contributed by atoms with E-state index in [1.807, 2.05) is 6.92 Å². The minimum Gasteiger partial charge on any atom is -0.465 e. The molecular weight excluding hydrogens is 417 g/mol. The van der Waals surface area contributed by atoms with E-state index in [1.165, 1.54) is 23.5 Å². The van der Waals surface area contributed by atoms with Crippen molar-refractivity contribution in [2.45, 2.75) is 30.8 Å². The van der Waals surface area contributed by atoms with Gasteiger partial charge < -0.3 is 4.74 Å². The van der Waals surface area contributed by atoms with Crippen molar-refractivity contribution in [1.29, 1.82) is 0 Å². The largest absolute Gasteiger partial charge is 0.465 e. The van der Waals surface area contributed by atoms with E-state index < -0.39 is 22.0 Å². The van der Waals surface area contributed by atoms with E-state index in [0.717, 1.165) is 0 Å². The molecule has 0 spiro atoms. The summed E-state index contributed by atoms with van der Waals surface area (Å²) in [6.45, 7) is 1.98. The Morgan fingerprint density at radius 3 is 2.13 bits per heavy atom. The molecule has 0 amide bonds. The lowest BCUT2D eigenvalue weighted by molar-refractivity contribution is 0.0600. The number of halogens is 1. The van der Waals surface area contributed by atoms with Crippen molar-refractivity contribution < 1.29 is 22.3 Å². The number of esters is 1. The quantitative estimate of drug-likeness (QED) is 0.464. The van der Waals surface area contributed by atoms with Gasteiger partial charge in [0, 0.05) is 6.54 Å². The minimum absolute atomic E-state index is 0.0918. The zero-order valence-corrected chi connectivity index (χ0v) is 18.2. The van der Waals surface area contributed by atoms with Crippen LogP contribution in [0, 0.1) is 5.82 Å². The van der Waals surface area contributed by atoms with Crippen LogP contribution < -0.4 is 0 Å². The van der Waals surface area contributed by atoms with Crippen LogP contribution in [0.2, 0.25) is 0 Å². The maximum Gasteiger partial charge on any atom is 0.337 e. The van der Waals surface area contributed by atoms with Crippen molar-refractivity contribution in [3.05, 3.63) is 101 Å². The molecule has 162 valence electrons.